The topological polar surface area (TPSA) is 208 Å². The lowest BCUT2D eigenvalue weighted by Crippen LogP contribution is -2.70. The zero-order chi connectivity index (χ0) is 28.7. The van der Waals surface area contributed by atoms with Crippen molar-refractivity contribution < 1.29 is 39.9 Å². The highest BCUT2D eigenvalue weighted by Gasteiger charge is 2.68. The molecule has 0 bridgehead atoms. The van der Waals surface area contributed by atoms with Crippen LogP contribution in [0, 0.1) is 11.8 Å². The Labute approximate surface area is 223 Å². The molecule has 1 amide bonds. The third kappa shape index (κ3) is 3.30. The van der Waals surface area contributed by atoms with Crippen LogP contribution >= 0.6 is 0 Å². The number of phenols is 1. The van der Waals surface area contributed by atoms with Gasteiger partial charge in [-0.15, -0.1) is 0 Å². The molecule has 2 aromatic carbocycles. The van der Waals surface area contributed by atoms with Gasteiger partial charge in [-0.05, 0) is 37.2 Å². The van der Waals surface area contributed by atoms with E-state index in [1.165, 1.54) is 19.0 Å². The second-order valence-corrected chi connectivity index (χ2v) is 10.6. The maximum absolute atomic E-state index is 14.0. The van der Waals surface area contributed by atoms with Gasteiger partial charge in [0, 0.05) is 17.1 Å². The van der Waals surface area contributed by atoms with Crippen LogP contribution in [0.3, 0.4) is 0 Å². The van der Waals surface area contributed by atoms with Gasteiger partial charge in [0.25, 0.3) is 5.91 Å². The Balaban J connectivity index is 1.81. The summed E-state index contributed by atoms with van der Waals surface area (Å²) in [4.78, 5) is 40.7. The number of phenolic OH excluding ortho intramolecular Hbond substituents is 1. The van der Waals surface area contributed by atoms with E-state index in [1.807, 2.05) is 6.07 Å². The summed E-state index contributed by atoms with van der Waals surface area (Å²) in [6, 6.07) is 9.20. The van der Waals surface area contributed by atoms with Gasteiger partial charge in [0.15, 0.2) is 11.4 Å². The van der Waals surface area contributed by atoms with Gasteiger partial charge in [-0.1, -0.05) is 37.3 Å². The van der Waals surface area contributed by atoms with Gasteiger partial charge in [-0.25, -0.2) is 0 Å². The molecule has 6 atom stereocenters. The normalized spacial score (nSPS) is 30.3. The van der Waals surface area contributed by atoms with E-state index in [1.54, 1.807) is 37.3 Å². The van der Waals surface area contributed by atoms with Gasteiger partial charge in [0.1, 0.15) is 22.8 Å². The Morgan fingerprint density at radius 1 is 1.08 bits per heavy atom. The van der Waals surface area contributed by atoms with Crippen molar-refractivity contribution in [2.45, 2.75) is 30.6 Å². The summed E-state index contributed by atoms with van der Waals surface area (Å²) < 4.78 is 0. The van der Waals surface area contributed by atoms with E-state index in [0.717, 1.165) is 0 Å². The molecule has 9 N–H and O–H groups in total. The lowest BCUT2D eigenvalue weighted by molar-refractivity contribution is -0.169. The zero-order valence-electron chi connectivity index (χ0n) is 21.4. The summed E-state index contributed by atoms with van der Waals surface area (Å²) in [7, 11) is 2.91. The first-order chi connectivity index (χ1) is 18.3. The maximum atomic E-state index is 14.0. The third-order valence-corrected chi connectivity index (χ3v) is 8.37. The second-order valence-electron chi connectivity index (χ2n) is 10.6. The number of ketones is 2. The molecule has 0 aromatic heterocycles. The van der Waals surface area contributed by atoms with Crippen molar-refractivity contribution in [2.75, 3.05) is 19.8 Å². The van der Waals surface area contributed by atoms with Gasteiger partial charge >= 0.3 is 0 Å². The van der Waals surface area contributed by atoms with E-state index in [0.29, 0.717) is 16.7 Å². The number of Topliss-reactive ketones (excluding diaryl/α,β-unsaturated/α-hetero) is 2. The van der Waals surface area contributed by atoms with Crippen molar-refractivity contribution in [3.05, 3.63) is 64.4 Å². The molecule has 3 aliphatic rings. The van der Waals surface area contributed by atoms with Crippen LogP contribution in [0.1, 0.15) is 24.0 Å². The average Bonchev–Trinajstić information content (AvgIpc) is 2.88. The number of carbonyl (C=O) groups is 3. The van der Waals surface area contributed by atoms with Crippen molar-refractivity contribution in [1.82, 2.24) is 4.90 Å². The summed E-state index contributed by atoms with van der Waals surface area (Å²) in [5.41, 5.74) is 8.49. The van der Waals surface area contributed by atoms with E-state index >= 15 is 0 Å². The number of aromatic hydroxyl groups is 1. The fourth-order valence-electron chi connectivity index (χ4n) is 6.55. The Hall–Kier alpha value is -4.19. The van der Waals surface area contributed by atoms with Gasteiger partial charge in [0.05, 0.1) is 29.3 Å². The van der Waals surface area contributed by atoms with Crippen LogP contribution in [-0.2, 0) is 14.4 Å². The number of carbonyl (C=O) groups excluding carboxylic acids is 3. The molecule has 0 saturated heterocycles. The van der Waals surface area contributed by atoms with Gasteiger partial charge in [-0.2, -0.15) is 0 Å². The lowest BCUT2D eigenvalue weighted by Gasteiger charge is -2.53. The Morgan fingerprint density at radius 3 is 2.26 bits per heavy atom. The molecule has 39 heavy (non-hydrogen) atoms. The smallest absolute Gasteiger partial charge is 0.255 e. The highest BCUT2D eigenvalue weighted by atomic mass is 16.4. The summed E-state index contributed by atoms with van der Waals surface area (Å²) in [5, 5.41) is 56.9. The van der Waals surface area contributed by atoms with E-state index in [9.17, 15) is 39.9 Å². The van der Waals surface area contributed by atoms with Crippen molar-refractivity contribution >= 4 is 28.9 Å². The number of likely N-dealkylation sites (N-methyl/N-ethyl adjacent to an activating group) is 1. The number of primary amides is 1. The van der Waals surface area contributed by atoms with E-state index in [2.05, 4.69) is 0 Å². The largest absolute Gasteiger partial charge is 0.508 e. The average molecular weight is 536 g/mol. The first kappa shape index (κ1) is 26.4. The Bertz CT molecular complexity index is 1510. The molecule has 11 nitrogen and oxygen atoms in total. The molecule has 1 saturated carbocycles. The van der Waals surface area contributed by atoms with Crippen LogP contribution < -0.4 is 11.5 Å². The summed E-state index contributed by atoms with van der Waals surface area (Å²) in [6.07, 6.45) is -1.67. The fourth-order valence-corrected chi connectivity index (χ4v) is 6.55. The Morgan fingerprint density at radius 2 is 1.69 bits per heavy atom. The van der Waals surface area contributed by atoms with Crippen molar-refractivity contribution in [2.24, 2.45) is 17.6 Å². The van der Waals surface area contributed by atoms with Crippen LogP contribution in [0.2, 0.25) is 0 Å². The quantitative estimate of drug-likeness (QED) is 0.167. The molecular weight excluding hydrogens is 506 g/mol. The number of benzene rings is 2. The number of hydrogen-bond acceptors (Lipinski definition) is 10. The van der Waals surface area contributed by atoms with Crippen molar-refractivity contribution in [1.29, 1.82) is 0 Å². The predicted octanol–water partition coefficient (Wildman–Crippen LogP) is 0.745. The molecule has 5 rings (SSSR count). The van der Waals surface area contributed by atoms with Gasteiger partial charge < -0.3 is 37.0 Å². The van der Waals surface area contributed by atoms with Crippen LogP contribution in [0.4, 0.5) is 5.69 Å². The molecule has 1 fully saturated rings. The third-order valence-electron chi connectivity index (χ3n) is 8.37. The van der Waals surface area contributed by atoms with E-state index in [4.69, 9.17) is 11.5 Å². The van der Waals surface area contributed by atoms with Crippen molar-refractivity contribution in [3.8, 4) is 16.9 Å². The number of amides is 1. The molecule has 0 aliphatic heterocycles. The maximum Gasteiger partial charge on any atom is 0.255 e. The summed E-state index contributed by atoms with van der Waals surface area (Å²) in [6.45, 7) is 1.67. The molecule has 11 heteroatoms. The number of aliphatic hydroxyl groups excluding tert-OH is 3. The van der Waals surface area contributed by atoms with Crippen LogP contribution in [0.5, 0.6) is 5.75 Å². The zero-order valence-corrected chi connectivity index (χ0v) is 21.4. The van der Waals surface area contributed by atoms with Crippen molar-refractivity contribution in [3.63, 3.8) is 0 Å². The highest BCUT2D eigenvalue weighted by molar-refractivity contribution is 6.24. The molecule has 3 aliphatic carbocycles. The summed E-state index contributed by atoms with van der Waals surface area (Å²) >= 11 is 0. The SMILES string of the molecule is C[C@@H]1c2cc(-c3ccccc3)c(N)c(O)c2C(O)=C2C(=O)[C@@]3(O)C(O)=C(C(N)=O)C(=O)[C@H](N(C)C)[C@H]3[C@H](O)[C@H]21. The second kappa shape index (κ2) is 8.67. The number of nitrogens with zero attached hydrogens (tertiary/aromatic N) is 1. The first-order valence-electron chi connectivity index (χ1n) is 12.3. The number of nitrogens with two attached hydrogens (primary N) is 2. The molecule has 204 valence electrons. The van der Waals surface area contributed by atoms with E-state index < -0.39 is 81.4 Å². The highest BCUT2D eigenvalue weighted by Crippen LogP contribution is 2.57. The predicted molar refractivity (Wildman–Crippen MR) is 140 cm³/mol. The first-order valence-corrected chi connectivity index (χ1v) is 12.3. The fraction of sp³-hybridized carbons (Fsp3) is 0.321. The number of aliphatic hydroxyl groups is 4. The Kier molecular flexibility index (Phi) is 5.87. The van der Waals surface area contributed by atoms with Crippen LogP contribution in [0.15, 0.2) is 53.3 Å². The molecule has 0 unspecified atom stereocenters. The van der Waals surface area contributed by atoms with Gasteiger partial charge in [0.2, 0.25) is 5.78 Å². The molecule has 0 heterocycles. The number of anilines is 1. The lowest BCUT2D eigenvalue weighted by atomic mass is 9.54. The molecule has 0 radical (unpaired) electrons. The van der Waals surface area contributed by atoms with Crippen LogP contribution in [0.25, 0.3) is 16.9 Å². The minimum atomic E-state index is -2.96. The molecular formula is C28H29N3O8. The molecule has 2 aromatic rings. The standard InChI is InChI=1S/C28H29N3O8/c1-10-12-9-13(11-7-5-4-6-8-11)19(29)23(34)15(12)21(32)16-14(10)22(33)18-20(31(2)3)24(35)17(27(30)38)26(37)28(18,39)25(16)36/h4-10,14,18,20,22,32-34,37,39H,29H2,1-3H3,(H2,30,38)/t10-,14+,18+,20-,22-,28-/m1/s1. The monoisotopic (exact) mass is 535 g/mol. The number of nitrogen functional groups attached to an aromatic ring is 1. The van der Waals surface area contributed by atoms with E-state index in [-0.39, 0.29) is 11.3 Å². The molecule has 0 spiro atoms. The number of rotatable bonds is 3. The number of hydrogen-bond donors (Lipinski definition) is 7. The summed E-state index contributed by atoms with van der Waals surface area (Å²) in [5.74, 6) is -9.56. The minimum Gasteiger partial charge on any atom is -0.508 e. The van der Waals surface area contributed by atoms with Crippen LogP contribution in [-0.4, -0.2) is 79.7 Å². The van der Waals surface area contributed by atoms with Gasteiger partial charge in [-0.3, -0.25) is 19.3 Å². The minimum absolute atomic E-state index is 0.0622. The number of fused-ring (bicyclic) bond motifs is 3.